The molecule has 0 fully saturated rings. The van der Waals surface area contributed by atoms with Gasteiger partial charge in [-0.3, -0.25) is 0 Å². The number of hydrogen-bond acceptors (Lipinski definition) is 4. The van der Waals surface area contributed by atoms with E-state index in [1.54, 1.807) is 0 Å². The minimum atomic E-state index is -1.69. The van der Waals surface area contributed by atoms with E-state index in [4.69, 9.17) is 13.9 Å². The van der Waals surface area contributed by atoms with E-state index in [0.717, 1.165) is 5.56 Å². The molecule has 2 unspecified atom stereocenters. The van der Waals surface area contributed by atoms with Gasteiger partial charge in [-0.25, -0.2) is 0 Å². The number of ether oxygens (including phenoxy) is 2. The first-order chi connectivity index (χ1) is 17.0. The number of benzene rings is 2. The van der Waals surface area contributed by atoms with Crippen molar-refractivity contribution in [2.45, 2.75) is 82.0 Å². The van der Waals surface area contributed by atoms with Crippen molar-refractivity contribution in [2.24, 2.45) is 0 Å². The number of carbonyl (C=O) groups excluding carboxylic acids is 1. The number of carbonyl (C=O) groups is 1. The molecular formula is C30H42O4SeSi. The molecule has 2 aromatic carbocycles. The summed E-state index contributed by atoms with van der Waals surface area (Å²) >= 11 is -0.0178. The summed E-state index contributed by atoms with van der Waals surface area (Å²) in [6.07, 6.45) is 1.14. The molecule has 6 heteroatoms. The summed E-state index contributed by atoms with van der Waals surface area (Å²) in [5.41, 5.74) is 1.13. The first-order valence-electron chi connectivity index (χ1n) is 12.6. The zero-order valence-corrected chi connectivity index (χ0v) is 25.7. The van der Waals surface area contributed by atoms with Crippen LogP contribution in [0, 0.1) is 11.8 Å². The number of rotatable bonds is 11. The average Bonchev–Trinajstić information content (AvgIpc) is 2.83. The molecule has 0 aliphatic rings. The van der Waals surface area contributed by atoms with Gasteiger partial charge in [-0.15, -0.1) is 0 Å². The summed E-state index contributed by atoms with van der Waals surface area (Å²) in [4.78, 5) is 12.4. The Labute approximate surface area is 226 Å². The van der Waals surface area contributed by atoms with E-state index in [2.05, 4.69) is 65.5 Å². The Kier molecular flexibility index (Phi) is 12.4. The van der Waals surface area contributed by atoms with Crippen molar-refractivity contribution >= 4 is 34.4 Å². The van der Waals surface area contributed by atoms with E-state index in [0.29, 0.717) is 26.1 Å². The molecule has 0 bridgehead atoms. The van der Waals surface area contributed by atoms with Crippen molar-refractivity contribution < 1.29 is 18.7 Å². The van der Waals surface area contributed by atoms with E-state index in [1.165, 1.54) is 11.6 Å². The van der Waals surface area contributed by atoms with Crippen LogP contribution in [0.25, 0.3) is 0 Å². The molecule has 0 heterocycles. The fraction of sp³-hybridized carbons (Fsp3) is 0.500. The molecule has 0 saturated heterocycles. The van der Waals surface area contributed by atoms with Crippen molar-refractivity contribution in [3.8, 4) is 11.8 Å². The fourth-order valence-corrected chi connectivity index (χ4v) is 10.6. The quantitative estimate of drug-likeness (QED) is 0.150. The molecule has 0 aliphatic carbocycles. The van der Waals surface area contributed by atoms with Gasteiger partial charge in [0.2, 0.25) is 0 Å². The molecule has 4 nitrogen and oxygen atoms in total. The molecule has 0 spiro atoms. The first-order valence-corrected chi connectivity index (χ1v) is 16.0. The van der Waals surface area contributed by atoms with Gasteiger partial charge in [-0.05, 0) is 0 Å². The predicted molar refractivity (Wildman–Crippen MR) is 152 cm³/mol. The third-order valence-corrected chi connectivity index (χ3v) is 12.0. The van der Waals surface area contributed by atoms with E-state index in [9.17, 15) is 4.79 Å². The minimum absolute atomic E-state index is 0.0178. The van der Waals surface area contributed by atoms with Gasteiger partial charge in [0.05, 0.1) is 0 Å². The zero-order chi connectivity index (χ0) is 26.6. The molecule has 0 aromatic heterocycles. The molecule has 0 amide bonds. The van der Waals surface area contributed by atoms with Crippen LogP contribution in [0.5, 0.6) is 0 Å². The number of hydrogen-bond donors (Lipinski definition) is 0. The van der Waals surface area contributed by atoms with E-state index >= 15 is 0 Å². The third-order valence-electron chi connectivity index (χ3n) is 5.60. The van der Waals surface area contributed by atoms with Crippen molar-refractivity contribution in [3.63, 3.8) is 0 Å². The molecular weight excluding hydrogens is 531 g/mol. The van der Waals surface area contributed by atoms with Crippen molar-refractivity contribution in [2.75, 3.05) is 13.7 Å². The van der Waals surface area contributed by atoms with Crippen LogP contribution >= 0.6 is 0 Å². The number of methoxy groups -OCH3 is 1. The fourth-order valence-electron chi connectivity index (χ4n) is 4.32. The summed E-state index contributed by atoms with van der Waals surface area (Å²) < 4.78 is 18.9. The van der Waals surface area contributed by atoms with Crippen molar-refractivity contribution in [1.29, 1.82) is 0 Å². The molecule has 196 valence electrons. The van der Waals surface area contributed by atoms with Gasteiger partial charge in [0.1, 0.15) is 0 Å². The topological polar surface area (TPSA) is 44.8 Å². The van der Waals surface area contributed by atoms with Crippen LogP contribution in [0.1, 0.15) is 59.9 Å². The second kappa shape index (κ2) is 14.8. The molecule has 2 atom stereocenters. The van der Waals surface area contributed by atoms with E-state index in [1.807, 2.05) is 48.5 Å². The van der Waals surface area contributed by atoms with Gasteiger partial charge in [0.15, 0.2) is 0 Å². The standard InChI is InChI=1S/C30H42O4SeSi/c1-29(2,3)36(30(4,5)6)34-25(17-14-22-33-23-24-15-10-8-11-16-24)20-21-27(28(31)32-7)35-26-18-12-9-13-19-26/h8-13,15-16,18-19,25,27,36H,20-23H2,1-7H3. The summed E-state index contributed by atoms with van der Waals surface area (Å²) in [5, 5.41) is 0.162. The molecule has 0 N–H and O–H groups in total. The molecule has 2 aromatic rings. The zero-order valence-electron chi connectivity index (χ0n) is 22.9. The second-order valence-electron chi connectivity index (χ2n) is 11.1. The molecule has 0 saturated carbocycles. The van der Waals surface area contributed by atoms with Crippen LogP contribution in [-0.2, 0) is 25.3 Å². The monoisotopic (exact) mass is 574 g/mol. The first kappa shape index (κ1) is 30.4. The number of esters is 1. The average molecular weight is 574 g/mol. The maximum absolute atomic E-state index is 12.6. The Bertz CT molecular complexity index is 957. The summed E-state index contributed by atoms with van der Waals surface area (Å²) in [5.74, 6) is 6.39. The molecule has 36 heavy (non-hydrogen) atoms. The normalized spacial score (nSPS) is 13.6. The summed E-state index contributed by atoms with van der Waals surface area (Å²) in [7, 11) is -0.225. The third kappa shape index (κ3) is 11.0. The predicted octanol–water partition coefficient (Wildman–Crippen LogP) is 5.69. The maximum atomic E-state index is 12.6. The molecule has 2 rings (SSSR count). The van der Waals surface area contributed by atoms with Gasteiger partial charge >= 0.3 is 221 Å². The Morgan fingerprint density at radius 1 is 0.917 bits per heavy atom. The van der Waals surface area contributed by atoms with Gasteiger partial charge in [0.25, 0.3) is 0 Å². The Morgan fingerprint density at radius 2 is 1.50 bits per heavy atom. The Morgan fingerprint density at radius 3 is 2.06 bits per heavy atom. The van der Waals surface area contributed by atoms with Crippen molar-refractivity contribution in [1.82, 2.24) is 0 Å². The van der Waals surface area contributed by atoms with Crippen molar-refractivity contribution in [3.05, 3.63) is 66.2 Å². The van der Waals surface area contributed by atoms with Crippen LogP contribution in [-0.4, -0.2) is 49.8 Å². The van der Waals surface area contributed by atoms with E-state index in [-0.39, 0.29) is 41.9 Å². The molecule has 0 aliphatic heterocycles. The van der Waals surface area contributed by atoms with Gasteiger partial charge in [0, 0.05) is 0 Å². The van der Waals surface area contributed by atoms with Crippen LogP contribution in [0.2, 0.25) is 14.9 Å². The SMILES string of the molecule is COC(=O)C(CCC(C#CCOCc1ccccc1)O[SiH](C(C)(C)C)C(C)(C)C)[Se]c1ccccc1. The van der Waals surface area contributed by atoms with E-state index < -0.39 is 9.04 Å². The Balaban J connectivity index is 2.13. The van der Waals surface area contributed by atoms with Crippen LogP contribution in [0.4, 0.5) is 0 Å². The van der Waals surface area contributed by atoms with Crippen LogP contribution in [0.3, 0.4) is 0 Å². The summed E-state index contributed by atoms with van der Waals surface area (Å²) in [6, 6.07) is 20.3. The summed E-state index contributed by atoms with van der Waals surface area (Å²) in [6.45, 7) is 14.5. The van der Waals surface area contributed by atoms with Gasteiger partial charge in [-0.2, -0.15) is 0 Å². The van der Waals surface area contributed by atoms with Crippen LogP contribution < -0.4 is 4.46 Å². The van der Waals surface area contributed by atoms with Gasteiger partial charge in [-0.1, -0.05) is 6.07 Å². The second-order valence-corrected chi connectivity index (χ2v) is 18.2. The van der Waals surface area contributed by atoms with Gasteiger partial charge < -0.3 is 0 Å². The Hall–Kier alpha value is -1.87. The van der Waals surface area contributed by atoms with Crippen LogP contribution in [0.15, 0.2) is 60.7 Å². The molecule has 0 radical (unpaired) electrons.